The molecule has 5 heteroatoms. The first-order valence-corrected chi connectivity index (χ1v) is 5.89. The molecule has 0 saturated carbocycles. The van der Waals surface area contributed by atoms with Crippen molar-refractivity contribution in [1.29, 1.82) is 0 Å². The SMILES string of the molecule is C[C@@H]1CCN(S(C)(=O)=O)CC1O. The number of aliphatic hydroxyl groups excluding tert-OH is 1. The van der Waals surface area contributed by atoms with E-state index in [-0.39, 0.29) is 12.5 Å². The van der Waals surface area contributed by atoms with Gasteiger partial charge in [-0.1, -0.05) is 6.92 Å². The molecule has 1 heterocycles. The maximum absolute atomic E-state index is 11.1. The van der Waals surface area contributed by atoms with Crippen LogP contribution in [-0.4, -0.2) is 43.3 Å². The molecule has 0 aromatic rings. The van der Waals surface area contributed by atoms with Gasteiger partial charge in [-0.15, -0.1) is 0 Å². The van der Waals surface area contributed by atoms with Crippen LogP contribution in [0.4, 0.5) is 0 Å². The van der Waals surface area contributed by atoms with Crippen molar-refractivity contribution in [3.05, 3.63) is 0 Å². The van der Waals surface area contributed by atoms with Gasteiger partial charge in [0.15, 0.2) is 0 Å². The third-order valence-corrected chi connectivity index (χ3v) is 3.62. The summed E-state index contributed by atoms with van der Waals surface area (Å²) in [5, 5.41) is 9.41. The Kier molecular flexibility index (Phi) is 2.75. The van der Waals surface area contributed by atoms with Crippen LogP contribution < -0.4 is 0 Å². The van der Waals surface area contributed by atoms with Crippen LogP contribution in [0.3, 0.4) is 0 Å². The lowest BCUT2D eigenvalue weighted by Crippen LogP contribution is -2.45. The van der Waals surface area contributed by atoms with Crippen LogP contribution in [0, 0.1) is 5.92 Å². The quantitative estimate of drug-likeness (QED) is 0.619. The van der Waals surface area contributed by atoms with E-state index in [1.165, 1.54) is 10.6 Å². The van der Waals surface area contributed by atoms with Gasteiger partial charge in [-0.05, 0) is 12.3 Å². The summed E-state index contributed by atoms with van der Waals surface area (Å²) in [6, 6.07) is 0. The van der Waals surface area contributed by atoms with Crippen LogP contribution in [0.2, 0.25) is 0 Å². The molecule has 0 aromatic heterocycles. The van der Waals surface area contributed by atoms with Gasteiger partial charge in [-0.2, -0.15) is 4.31 Å². The Balaban J connectivity index is 2.64. The van der Waals surface area contributed by atoms with E-state index in [2.05, 4.69) is 0 Å². The first-order chi connectivity index (χ1) is 5.41. The number of sulfonamides is 1. The van der Waals surface area contributed by atoms with Crippen molar-refractivity contribution in [3.63, 3.8) is 0 Å². The van der Waals surface area contributed by atoms with Gasteiger partial charge in [0.2, 0.25) is 10.0 Å². The smallest absolute Gasteiger partial charge is 0.211 e. The molecule has 0 spiro atoms. The molecule has 0 aromatic carbocycles. The predicted molar refractivity (Wildman–Crippen MR) is 46.2 cm³/mol. The van der Waals surface area contributed by atoms with Crippen molar-refractivity contribution >= 4 is 10.0 Å². The minimum absolute atomic E-state index is 0.211. The minimum atomic E-state index is -3.11. The molecule has 1 saturated heterocycles. The Morgan fingerprint density at radius 2 is 2.08 bits per heavy atom. The van der Waals surface area contributed by atoms with E-state index in [9.17, 15) is 13.5 Å². The highest BCUT2D eigenvalue weighted by Gasteiger charge is 2.28. The lowest BCUT2D eigenvalue weighted by atomic mass is 9.98. The molecule has 1 unspecified atom stereocenters. The zero-order chi connectivity index (χ0) is 9.35. The van der Waals surface area contributed by atoms with Crippen LogP contribution in [0.15, 0.2) is 0 Å². The molecular formula is C7H15NO3S. The third-order valence-electron chi connectivity index (χ3n) is 2.35. The van der Waals surface area contributed by atoms with Gasteiger partial charge < -0.3 is 5.11 Å². The molecule has 2 atom stereocenters. The number of rotatable bonds is 1. The van der Waals surface area contributed by atoms with E-state index >= 15 is 0 Å². The summed E-state index contributed by atoms with van der Waals surface area (Å²) in [4.78, 5) is 0. The fourth-order valence-corrected chi connectivity index (χ4v) is 2.18. The molecule has 72 valence electrons. The molecule has 12 heavy (non-hydrogen) atoms. The van der Waals surface area contributed by atoms with Crippen molar-refractivity contribution < 1.29 is 13.5 Å². The van der Waals surface area contributed by atoms with Gasteiger partial charge in [-0.25, -0.2) is 8.42 Å². The fourth-order valence-electron chi connectivity index (χ4n) is 1.32. The predicted octanol–water partition coefficient (Wildman–Crippen LogP) is -0.351. The van der Waals surface area contributed by atoms with Crippen molar-refractivity contribution in [2.24, 2.45) is 5.92 Å². The van der Waals surface area contributed by atoms with Gasteiger partial charge in [0, 0.05) is 13.1 Å². The second kappa shape index (κ2) is 3.32. The van der Waals surface area contributed by atoms with Crippen molar-refractivity contribution in [1.82, 2.24) is 4.31 Å². The topological polar surface area (TPSA) is 57.6 Å². The summed E-state index contributed by atoms with van der Waals surface area (Å²) < 4.78 is 23.4. The standard InChI is InChI=1S/C7H15NO3S/c1-6-3-4-8(5-7(6)9)12(2,10)11/h6-7,9H,3-5H2,1-2H3/t6-,7?/m1/s1. The Morgan fingerprint density at radius 1 is 1.50 bits per heavy atom. The number of hydrogen-bond acceptors (Lipinski definition) is 3. The van der Waals surface area contributed by atoms with E-state index < -0.39 is 16.1 Å². The lowest BCUT2D eigenvalue weighted by Gasteiger charge is -2.32. The number of nitrogens with zero attached hydrogens (tertiary/aromatic N) is 1. The number of β-amino-alcohol motifs (C(OH)–C–C–N with tert-alkyl or cyclic N) is 1. The van der Waals surface area contributed by atoms with E-state index in [1.54, 1.807) is 0 Å². The largest absolute Gasteiger partial charge is 0.391 e. The molecule has 0 radical (unpaired) electrons. The molecule has 0 bridgehead atoms. The van der Waals surface area contributed by atoms with E-state index in [1.807, 2.05) is 6.92 Å². The highest BCUT2D eigenvalue weighted by molar-refractivity contribution is 7.88. The van der Waals surface area contributed by atoms with E-state index in [4.69, 9.17) is 0 Å². The first-order valence-electron chi connectivity index (χ1n) is 4.04. The third kappa shape index (κ3) is 2.18. The number of piperidine rings is 1. The summed E-state index contributed by atoms with van der Waals surface area (Å²) in [6.45, 7) is 2.72. The van der Waals surface area contributed by atoms with E-state index in [0.717, 1.165) is 6.42 Å². The maximum atomic E-state index is 11.1. The van der Waals surface area contributed by atoms with Gasteiger partial charge in [0.1, 0.15) is 0 Å². The van der Waals surface area contributed by atoms with Gasteiger partial charge in [0.05, 0.1) is 12.4 Å². The van der Waals surface area contributed by atoms with Crippen molar-refractivity contribution in [2.45, 2.75) is 19.4 Å². The molecule has 1 aliphatic heterocycles. The molecule has 1 aliphatic rings. The highest BCUT2D eigenvalue weighted by Crippen LogP contribution is 2.18. The zero-order valence-corrected chi connectivity index (χ0v) is 8.21. The van der Waals surface area contributed by atoms with Crippen LogP contribution in [0.5, 0.6) is 0 Å². The van der Waals surface area contributed by atoms with Crippen LogP contribution in [0.1, 0.15) is 13.3 Å². The normalized spacial score (nSPS) is 33.6. The molecule has 1 rings (SSSR count). The van der Waals surface area contributed by atoms with Crippen LogP contribution in [0.25, 0.3) is 0 Å². The lowest BCUT2D eigenvalue weighted by molar-refractivity contribution is 0.0608. The average molecular weight is 193 g/mol. The summed E-state index contributed by atoms with van der Waals surface area (Å²) in [5.74, 6) is 0.211. The monoisotopic (exact) mass is 193 g/mol. The van der Waals surface area contributed by atoms with Crippen LogP contribution >= 0.6 is 0 Å². The minimum Gasteiger partial charge on any atom is -0.391 e. The molecule has 1 N–H and O–H groups in total. The van der Waals surface area contributed by atoms with Gasteiger partial charge in [-0.3, -0.25) is 0 Å². The summed E-state index contributed by atoms with van der Waals surface area (Å²) >= 11 is 0. The van der Waals surface area contributed by atoms with Gasteiger partial charge in [0.25, 0.3) is 0 Å². The highest BCUT2D eigenvalue weighted by atomic mass is 32.2. The Morgan fingerprint density at radius 3 is 2.50 bits per heavy atom. The summed E-state index contributed by atoms with van der Waals surface area (Å²) in [6.07, 6.45) is 1.41. The number of hydrogen-bond donors (Lipinski definition) is 1. The Bertz CT molecular complexity index is 249. The maximum Gasteiger partial charge on any atom is 0.211 e. The fraction of sp³-hybridized carbons (Fsp3) is 1.00. The average Bonchev–Trinajstić information content (AvgIpc) is 1.92. The molecule has 0 aliphatic carbocycles. The van der Waals surface area contributed by atoms with Crippen LogP contribution in [-0.2, 0) is 10.0 Å². The van der Waals surface area contributed by atoms with E-state index in [0.29, 0.717) is 6.54 Å². The summed E-state index contributed by atoms with van der Waals surface area (Å²) in [5.41, 5.74) is 0. The van der Waals surface area contributed by atoms with Crippen molar-refractivity contribution in [2.75, 3.05) is 19.3 Å². The zero-order valence-electron chi connectivity index (χ0n) is 7.40. The Hall–Kier alpha value is -0.130. The first kappa shape index (κ1) is 9.95. The summed E-state index contributed by atoms with van der Waals surface area (Å²) in [7, 11) is -3.11. The molecule has 1 fully saturated rings. The Labute approximate surface area is 73.2 Å². The molecule has 4 nitrogen and oxygen atoms in total. The second-order valence-corrected chi connectivity index (χ2v) is 5.44. The van der Waals surface area contributed by atoms with Crippen molar-refractivity contribution in [3.8, 4) is 0 Å². The number of aliphatic hydroxyl groups is 1. The molecule has 0 amide bonds. The molecular weight excluding hydrogens is 178 g/mol. The second-order valence-electron chi connectivity index (χ2n) is 3.45. The van der Waals surface area contributed by atoms with Gasteiger partial charge >= 0.3 is 0 Å².